The van der Waals surface area contributed by atoms with Gasteiger partial charge in [-0.05, 0) is 6.58 Å². The van der Waals surface area contributed by atoms with Crippen LogP contribution in [0.15, 0.2) is 35.1 Å². The zero-order valence-electron chi connectivity index (χ0n) is 12.0. The van der Waals surface area contributed by atoms with E-state index < -0.39 is 5.97 Å². The van der Waals surface area contributed by atoms with Crippen LogP contribution in [0.25, 0.3) is 0 Å². The molecular weight excluding hydrogens is 246 g/mol. The standard InChI is InChI=1S/C14H19NO4/c1-8(2)7-15-9(3)11(13(16)18-5)12(10(15)4)14(17)19-6/h7-8H,3H2,1-2,4-6H3/p+1/b13-11-,15-7?. The van der Waals surface area contributed by atoms with Crippen molar-refractivity contribution in [1.29, 1.82) is 0 Å². The van der Waals surface area contributed by atoms with Crippen molar-refractivity contribution in [3.05, 3.63) is 35.1 Å². The summed E-state index contributed by atoms with van der Waals surface area (Å²) in [6.45, 7) is 9.69. The highest BCUT2D eigenvalue weighted by molar-refractivity contribution is 5.96. The lowest BCUT2D eigenvalue weighted by Crippen LogP contribution is -2.09. The first-order chi connectivity index (χ1) is 8.84. The van der Waals surface area contributed by atoms with Gasteiger partial charge in [-0.15, -0.1) is 0 Å². The van der Waals surface area contributed by atoms with E-state index >= 15 is 0 Å². The first kappa shape index (κ1) is 15.0. The summed E-state index contributed by atoms with van der Waals surface area (Å²) >= 11 is 0. The molecule has 0 aliphatic carbocycles. The summed E-state index contributed by atoms with van der Waals surface area (Å²) in [6, 6.07) is 0. The zero-order valence-corrected chi connectivity index (χ0v) is 12.0. The molecule has 0 amide bonds. The molecule has 0 bridgehead atoms. The number of aliphatic hydroxyl groups excluding tert-OH is 1. The van der Waals surface area contributed by atoms with Crippen molar-refractivity contribution >= 4 is 12.2 Å². The van der Waals surface area contributed by atoms with Crippen LogP contribution in [0.1, 0.15) is 20.8 Å². The third kappa shape index (κ3) is 2.70. The van der Waals surface area contributed by atoms with Crippen LogP contribution in [0.2, 0.25) is 0 Å². The Morgan fingerprint density at radius 2 is 1.95 bits per heavy atom. The third-order valence-corrected chi connectivity index (χ3v) is 2.80. The average molecular weight is 266 g/mol. The smallest absolute Gasteiger partial charge is 0.345 e. The molecule has 1 aliphatic heterocycles. The monoisotopic (exact) mass is 266 g/mol. The minimum absolute atomic E-state index is 0.259. The van der Waals surface area contributed by atoms with Crippen LogP contribution < -0.4 is 0 Å². The first-order valence-corrected chi connectivity index (χ1v) is 5.95. The molecular formula is C14H20NO4+. The molecule has 1 aliphatic rings. The van der Waals surface area contributed by atoms with Gasteiger partial charge >= 0.3 is 5.97 Å². The molecule has 0 atom stereocenters. The van der Waals surface area contributed by atoms with Crippen molar-refractivity contribution in [1.82, 2.24) is 0 Å². The molecule has 1 N–H and O–H groups in total. The van der Waals surface area contributed by atoms with E-state index in [1.807, 2.05) is 20.1 Å². The van der Waals surface area contributed by atoms with Crippen LogP contribution in [0.4, 0.5) is 0 Å². The number of hydrogen-bond donors (Lipinski definition) is 1. The highest BCUT2D eigenvalue weighted by Gasteiger charge is 2.41. The maximum atomic E-state index is 11.9. The number of nitrogens with zero attached hydrogens (tertiary/aromatic N) is 1. The van der Waals surface area contributed by atoms with Crippen molar-refractivity contribution in [2.75, 3.05) is 14.2 Å². The number of aliphatic hydroxyl groups is 1. The molecule has 0 saturated heterocycles. The summed E-state index contributed by atoms with van der Waals surface area (Å²) in [6.07, 6.45) is 1.91. The largest absolute Gasteiger partial charge is 0.480 e. The second-order valence-electron chi connectivity index (χ2n) is 4.55. The Balaban J connectivity index is 3.53. The summed E-state index contributed by atoms with van der Waals surface area (Å²) in [5.41, 5.74) is 1.68. The van der Waals surface area contributed by atoms with Crippen molar-refractivity contribution in [2.24, 2.45) is 5.92 Å². The maximum absolute atomic E-state index is 11.9. The Labute approximate surface area is 113 Å². The van der Waals surface area contributed by atoms with Crippen LogP contribution in [0.3, 0.4) is 0 Å². The molecule has 0 spiro atoms. The number of carbonyl (C=O) groups excluding carboxylic acids is 1. The minimum Gasteiger partial charge on any atom is -0.480 e. The Hall–Kier alpha value is -2.04. The van der Waals surface area contributed by atoms with E-state index in [1.54, 1.807) is 11.5 Å². The fraction of sp³-hybridized carbons (Fsp3) is 0.429. The van der Waals surface area contributed by atoms with Gasteiger partial charge in [0.05, 0.1) is 14.2 Å². The van der Waals surface area contributed by atoms with Crippen LogP contribution in [0.5, 0.6) is 0 Å². The topological polar surface area (TPSA) is 58.8 Å². The number of rotatable bonds is 3. The van der Waals surface area contributed by atoms with Gasteiger partial charge in [-0.25, -0.2) is 4.79 Å². The molecule has 5 heteroatoms. The summed E-state index contributed by atoms with van der Waals surface area (Å²) in [5, 5.41) is 9.83. The Kier molecular flexibility index (Phi) is 4.53. The predicted octanol–water partition coefficient (Wildman–Crippen LogP) is 2.12. The normalized spacial score (nSPS) is 20.3. The molecule has 1 rings (SSSR count). The van der Waals surface area contributed by atoms with E-state index in [-0.39, 0.29) is 23.0 Å². The number of esters is 1. The second kappa shape index (κ2) is 5.73. The van der Waals surface area contributed by atoms with Gasteiger partial charge in [-0.2, -0.15) is 4.58 Å². The van der Waals surface area contributed by atoms with Crippen LogP contribution >= 0.6 is 0 Å². The van der Waals surface area contributed by atoms with Gasteiger partial charge in [0.2, 0.25) is 5.70 Å². The lowest BCUT2D eigenvalue weighted by atomic mass is 10.1. The van der Waals surface area contributed by atoms with Gasteiger partial charge in [0.1, 0.15) is 11.1 Å². The average Bonchev–Trinajstić information content (AvgIpc) is 2.61. The minimum atomic E-state index is -0.531. The first-order valence-electron chi connectivity index (χ1n) is 5.95. The second-order valence-corrected chi connectivity index (χ2v) is 4.55. The predicted molar refractivity (Wildman–Crippen MR) is 71.7 cm³/mol. The molecule has 5 nitrogen and oxygen atoms in total. The van der Waals surface area contributed by atoms with Crippen molar-refractivity contribution in [3.63, 3.8) is 0 Å². The van der Waals surface area contributed by atoms with E-state index in [0.717, 1.165) is 0 Å². The Morgan fingerprint density at radius 3 is 2.37 bits per heavy atom. The van der Waals surface area contributed by atoms with Gasteiger partial charge in [-0.1, -0.05) is 13.8 Å². The van der Waals surface area contributed by atoms with E-state index in [2.05, 4.69) is 6.58 Å². The highest BCUT2D eigenvalue weighted by atomic mass is 16.6. The van der Waals surface area contributed by atoms with Gasteiger partial charge in [0.25, 0.3) is 5.95 Å². The fourth-order valence-electron chi connectivity index (χ4n) is 1.95. The van der Waals surface area contributed by atoms with E-state index in [4.69, 9.17) is 9.47 Å². The van der Waals surface area contributed by atoms with Crippen molar-refractivity contribution < 1.29 is 24.0 Å². The number of methoxy groups -OCH3 is 2. The molecule has 0 aromatic carbocycles. The molecule has 1 heterocycles. The van der Waals surface area contributed by atoms with Crippen LogP contribution in [0, 0.1) is 5.92 Å². The van der Waals surface area contributed by atoms with E-state index in [0.29, 0.717) is 11.4 Å². The van der Waals surface area contributed by atoms with Crippen LogP contribution in [-0.2, 0) is 14.3 Å². The van der Waals surface area contributed by atoms with Gasteiger partial charge in [0, 0.05) is 12.8 Å². The van der Waals surface area contributed by atoms with E-state index in [1.165, 1.54) is 14.2 Å². The third-order valence-electron chi connectivity index (χ3n) is 2.80. The molecule has 0 saturated carbocycles. The number of carbonyl (C=O) groups is 1. The van der Waals surface area contributed by atoms with Crippen molar-refractivity contribution in [2.45, 2.75) is 20.8 Å². The lowest BCUT2D eigenvalue weighted by molar-refractivity contribution is -0.408. The molecule has 0 fully saturated rings. The highest BCUT2D eigenvalue weighted by Crippen LogP contribution is 2.34. The molecule has 19 heavy (non-hydrogen) atoms. The molecule has 0 aromatic heterocycles. The quantitative estimate of drug-likeness (QED) is 0.483. The van der Waals surface area contributed by atoms with Gasteiger partial charge < -0.3 is 14.6 Å². The molecule has 0 radical (unpaired) electrons. The van der Waals surface area contributed by atoms with Crippen molar-refractivity contribution in [3.8, 4) is 0 Å². The van der Waals surface area contributed by atoms with Gasteiger partial charge in [0.15, 0.2) is 11.9 Å². The number of allylic oxidation sites excluding steroid dienone is 2. The van der Waals surface area contributed by atoms with Gasteiger partial charge in [-0.3, -0.25) is 0 Å². The molecule has 104 valence electrons. The number of hydrogen-bond acceptors (Lipinski definition) is 4. The number of ether oxygens (including phenoxy) is 2. The summed E-state index contributed by atoms with van der Waals surface area (Å²) in [5.74, 6) is -0.615. The molecule has 0 unspecified atom stereocenters. The maximum Gasteiger partial charge on any atom is 0.345 e. The zero-order chi connectivity index (χ0) is 14.7. The SMILES string of the molecule is C=C1/C(=C(\O)OC)C(C(=O)OC)=C(C)[N+]1=CC(C)C. The fourth-order valence-corrected chi connectivity index (χ4v) is 1.95. The summed E-state index contributed by atoms with van der Waals surface area (Å²) in [4.78, 5) is 11.9. The van der Waals surface area contributed by atoms with E-state index in [9.17, 15) is 9.90 Å². The lowest BCUT2D eigenvalue weighted by Gasteiger charge is -2.03. The molecule has 0 aromatic rings. The summed E-state index contributed by atoms with van der Waals surface area (Å²) < 4.78 is 11.3. The Bertz CT molecular complexity index is 510. The Morgan fingerprint density at radius 1 is 1.37 bits per heavy atom. The van der Waals surface area contributed by atoms with Crippen LogP contribution in [-0.4, -0.2) is 36.1 Å². The summed E-state index contributed by atoms with van der Waals surface area (Å²) in [7, 11) is 2.62.